The van der Waals surface area contributed by atoms with Gasteiger partial charge in [0.25, 0.3) is 0 Å². The van der Waals surface area contributed by atoms with Crippen LogP contribution in [0.3, 0.4) is 0 Å². The van der Waals surface area contributed by atoms with E-state index in [1.807, 2.05) is 72.8 Å². The second-order valence-electron chi connectivity index (χ2n) is 11.1. The number of hydrogen-bond donors (Lipinski definition) is 0. The van der Waals surface area contributed by atoms with Crippen LogP contribution in [0.5, 0.6) is 23.0 Å². The second kappa shape index (κ2) is 11.6. The van der Waals surface area contributed by atoms with Crippen LogP contribution in [0.2, 0.25) is 0 Å². The van der Waals surface area contributed by atoms with E-state index in [-0.39, 0.29) is 19.5 Å². The SMILES string of the molecule is COc1ccc2c(c1)-c1nc3nc(nc4[n-]c(nc5[n-]c(nc-2n1)c1cc(OC)ccc51)c1cc(OC)ccc41)-c1cc(OC)ccc1-3.[Zn+2]. The van der Waals surface area contributed by atoms with Crippen LogP contribution in [-0.4, -0.2) is 58.3 Å². The second-order valence-corrected chi connectivity index (χ2v) is 11.1. The first kappa shape index (κ1) is 30.4. The van der Waals surface area contributed by atoms with Crippen molar-refractivity contribution in [2.75, 3.05) is 28.4 Å². The van der Waals surface area contributed by atoms with Gasteiger partial charge in [0.15, 0.2) is 11.6 Å². The van der Waals surface area contributed by atoms with Crippen molar-refractivity contribution in [1.82, 2.24) is 39.9 Å². The largest absolute Gasteiger partial charge is 2.00 e. The van der Waals surface area contributed by atoms with Crippen LogP contribution in [0.4, 0.5) is 0 Å². The van der Waals surface area contributed by atoms with Crippen LogP contribution >= 0.6 is 0 Å². The molecule has 0 fully saturated rings. The quantitative estimate of drug-likeness (QED) is 0.194. The minimum absolute atomic E-state index is 0. The van der Waals surface area contributed by atoms with Crippen molar-refractivity contribution in [2.45, 2.75) is 0 Å². The molecule has 0 atom stereocenters. The van der Waals surface area contributed by atoms with E-state index in [4.69, 9.17) is 58.8 Å². The van der Waals surface area contributed by atoms with Gasteiger partial charge in [-0.05, 0) is 94.3 Å². The summed E-state index contributed by atoms with van der Waals surface area (Å²) in [5.74, 6) is 4.39. The molecule has 7 aromatic rings. The Hall–Kier alpha value is -5.94. The molecule has 0 saturated heterocycles. The number of rotatable bonds is 4. The van der Waals surface area contributed by atoms with Gasteiger partial charge in [0, 0.05) is 44.8 Å². The predicted molar refractivity (Wildman–Crippen MR) is 180 cm³/mol. The Morgan fingerprint density at radius 1 is 0.367 bits per heavy atom. The van der Waals surface area contributed by atoms with Crippen LogP contribution in [0.1, 0.15) is 0 Å². The maximum atomic E-state index is 5.56. The maximum absolute atomic E-state index is 5.56. The minimum Gasteiger partial charge on any atom is -0.497 e. The third-order valence-electron chi connectivity index (χ3n) is 8.53. The molecule has 0 unspecified atom stereocenters. The molecule has 0 saturated carbocycles. The Morgan fingerprint density at radius 3 is 1.20 bits per heavy atom. The molecule has 234 valence electrons. The molecule has 13 heteroatoms. The molecule has 3 aromatic heterocycles. The van der Waals surface area contributed by atoms with Gasteiger partial charge in [0.05, 0.1) is 40.1 Å². The summed E-state index contributed by atoms with van der Waals surface area (Å²) in [4.78, 5) is 39.6. The van der Waals surface area contributed by atoms with Gasteiger partial charge in [-0.25, -0.2) is 15.0 Å². The van der Waals surface area contributed by atoms with Crippen LogP contribution in [0, 0.1) is 0 Å². The van der Waals surface area contributed by atoms with E-state index < -0.39 is 0 Å². The van der Waals surface area contributed by atoms with Crippen LogP contribution in [0.15, 0.2) is 72.8 Å². The predicted octanol–water partition coefficient (Wildman–Crippen LogP) is 6.16. The van der Waals surface area contributed by atoms with E-state index in [1.54, 1.807) is 28.4 Å². The molecular formula is C36H24N8O4Zn. The van der Waals surface area contributed by atoms with E-state index in [2.05, 4.69) is 0 Å². The van der Waals surface area contributed by atoms with Gasteiger partial charge >= 0.3 is 19.5 Å². The monoisotopic (exact) mass is 696 g/mol. The van der Waals surface area contributed by atoms with Crippen molar-refractivity contribution >= 4 is 44.1 Å². The number of ether oxygens (including phenoxy) is 4. The zero-order chi connectivity index (χ0) is 32.5. The summed E-state index contributed by atoms with van der Waals surface area (Å²) in [6, 6.07) is 22.7. The third kappa shape index (κ3) is 4.84. The van der Waals surface area contributed by atoms with E-state index in [0.717, 1.165) is 43.8 Å². The fraction of sp³-hybridized carbons (Fsp3) is 0.111. The van der Waals surface area contributed by atoms with Gasteiger partial charge in [0.2, 0.25) is 0 Å². The van der Waals surface area contributed by atoms with Crippen molar-refractivity contribution in [3.8, 4) is 68.5 Å². The first-order valence-electron chi connectivity index (χ1n) is 15.0. The molecule has 2 aliphatic heterocycles. The fourth-order valence-electron chi connectivity index (χ4n) is 6.09. The first-order valence-corrected chi connectivity index (χ1v) is 15.0. The summed E-state index contributed by atoms with van der Waals surface area (Å²) < 4.78 is 22.2. The molecule has 8 bridgehead atoms. The summed E-state index contributed by atoms with van der Waals surface area (Å²) in [6.45, 7) is 0. The van der Waals surface area contributed by atoms with Crippen molar-refractivity contribution in [2.24, 2.45) is 0 Å². The smallest absolute Gasteiger partial charge is 0.497 e. The number of nitrogens with zero attached hydrogens (tertiary/aromatic N) is 8. The molecule has 0 amide bonds. The number of hydrogen-bond acceptors (Lipinski definition) is 10. The Kier molecular flexibility index (Phi) is 7.22. The summed E-state index contributed by atoms with van der Waals surface area (Å²) in [7, 11) is 6.48. The van der Waals surface area contributed by atoms with E-state index >= 15 is 0 Å². The molecule has 0 radical (unpaired) electrons. The van der Waals surface area contributed by atoms with Crippen molar-refractivity contribution in [1.29, 1.82) is 0 Å². The van der Waals surface area contributed by atoms with Gasteiger partial charge in [-0.2, -0.15) is 0 Å². The first-order chi connectivity index (χ1) is 23.5. The molecule has 0 spiro atoms. The zero-order valence-corrected chi connectivity index (χ0v) is 29.8. The van der Waals surface area contributed by atoms with Gasteiger partial charge in [0.1, 0.15) is 23.0 Å². The molecule has 4 aromatic carbocycles. The number of aromatic nitrogens is 8. The van der Waals surface area contributed by atoms with Gasteiger partial charge in [-0.3, -0.25) is 0 Å². The molecule has 0 aliphatic carbocycles. The normalized spacial score (nSPS) is 11.5. The number of benzene rings is 4. The average molecular weight is 698 g/mol. The molecule has 12 nitrogen and oxygen atoms in total. The average Bonchev–Trinajstić information content (AvgIpc) is 3.85. The Balaban J connectivity index is 0.00000348. The van der Waals surface area contributed by atoms with Gasteiger partial charge < -0.3 is 43.9 Å². The topological polar surface area (TPSA) is 142 Å². The van der Waals surface area contributed by atoms with Crippen molar-refractivity contribution < 1.29 is 38.4 Å². The van der Waals surface area contributed by atoms with E-state index in [9.17, 15) is 0 Å². The fourth-order valence-corrected chi connectivity index (χ4v) is 6.09. The summed E-state index contributed by atoms with van der Waals surface area (Å²) in [6.07, 6.45) is 0. The third-order valence-corrected chi connectivity index (χ3v) is 8.53. The van der Waals surface area contributed by atoms with E-state index in [0.29, 0.717) is 68.9 Å². The summed E-state index contributed by atoms with van der Waals surface area (Å²) in [5, 5.41) is 3.05. The number of methoxy groups -OCH3 is 4. The van der Waals surface area contributed by atoms with E-state index in [1.165, 1.54) is 0 Å². The Morgan fingerprint density at radius 2 is 0.714 bits per heavy atom. The molecular weight excluding hydrogens is 674 g/mol. The summed E-state index contributed by atoms with van der Waals surface area (Å²) in [5.41, 5.74) is 4.80. The van der Waals surface area contributed by atoms with Crippen LogP contribution in [-0.2, 0) is 19.5 Å². The Labute approximate surface area is 291 Å². The van der Waals surface area contributed by atoms with Gasteiger partial charge in [-0.1, -0.05) is 0 Å². The molecule has 0 N–H and O–H groups in total. The maximum Gasteiger partial charge on any atom is 2.00 e. The van der Waals surface area contributed by atoms with Crippen molar-refractivity contribution in [3.63, 3.8) is 0 Å². The molecule has 9 rings (SSSR count). The Bertz CT molecular complexity index is 2650. The van der Waals surface area contributed by atoms with Crippen LogP contribution < -0.4 is 28.9 Å². The van der Waals surface area contributed by atoms with Crippen LogP contribution in [0.25, 0.3) is 89.7 Å². The van der Waals surface area contributed by atoms with Crippen molar-refractivity contribution in [3.05, 3.63) is 72.8 Å². The standard InChI is InChI=1S/C36H24N8O4.Zn/c1-45-17-5-9-21-25(13-17)33-37-29(21)42-34-27-15-19(47-3)7-11-23(27)31(39-34)44-36-28-16-20(48-4)8-12-24(28)32(40-36)43-35-26-14-18(46-2)6-10-22(26)30(38-35)41-33;/h5-16H,1-4H3;/q-2;+2. The zero-order valence-electron chi connectivity index (χ0n) is 26.8. The minimum atomic E-state index is 0. The summed E-state index contributed by atoms with van der Waals surface area (Å²) >= 11 is 0. The number of fused-ring (bicyclic) bond motifs is 20. The molecule has 49 heavy (non-hydrogen) atoms. The van der Waals surface area contributed by atoms with Gasteiger partial charge in [-0.15, -0.1) is 0 Å². The molecule has 5 heterocycles. The molecule has 2 aliphatic rings.